The number of aromatic amines is 1. The second kappa shape index (κ2) is 4.71. The number of para-hydroxylation sites is 1. The largest absolute Gasteiger partial charge is 0.328 e. The molecule has 2 rings (SSSR count). The molecule has 0 saturated carbocycles. The monoisotopic (exact) mass is 293 g/mol. The van der Waals surface area contributed by atoms with Crippen molar-refractivity contribution in [3.63, 3.8) is 0 Å². The van der Waals surface area contributed by atoms with Gasteiger partial charge in [-0.1, -0.05) is 18.2 Å². The number of benzene rings is 1. The van der Waals surface area contributed by atoms with E-state index in [1.54, 1.807) is 0 Å². The van der Waals surface area contributed by atoms with Crippen molar-refractivity contribution < 1.29 is 0 Å². The molecule has 4 nitrogen and oxygen atoms in total. The molecule has 1 aromatic heterocycles. The summed E-state index contributed by atoms with van der Waals surface area (Å²) in [6.07, 6.45) is 1.40. The Morgan fingerprint density at radius 1 is 1.35 bits per heavy atom. The van der Waals surface area contributed by atoms with E-state index in [-0.39, 0.29) is 5.56 Å². The van der Waals surface area contributed by atoms with Crippen LogP contribution in [0.1, 0.15) is 5.56 Å². The fourth-order valence-electron chi connectivity index (χ4n) is 1.66. The normalized spacial score (nSPS) is 10.3. The summed E-state index contributed by atoms with van der Waals surface area (Å²) in [6.45, 7) is 2.02. The van der Waals surface area contributed by atoms with Gasteiger partial charge in [0.05, 0.1) is 6.33 Å². The van der Waals surface area contributed by atoms with Crippen molar-refractivity contribution in [3.8, 4) is 0 Å². The van der Waals surface area contributed by atoms with Gasteiger partial charge in [0.25, 0.3) is 5.56 Å². The fraction of sp³-hybridized carbons (Fsp3) is 0.167. The molecular formula is C12H12BrN3O. The summed E-state index contributed by atoms with van der Waals surface area (Å²) in [5.41, 5.74) is 1.96. The van der Waals surface area contributed by atoms with E-state index in [1.165, 1.54) is 6.33 Å². The van der Waals surface area contributed by atoms with Gasteiger partial charge in [0.2, 0.25) is 0 Å². The van der Waals surface area contributed by atoms with Crippen LogP contribution in [0.5, 0.6) is 0 Å². The topological polar surface area (TPSA) is 49.0 Å². The predicted molar refractivity (Wildman–Crippen MR) is 71.8 cm³/mol. The van der Waals surface area contributed by atoms with Gasteiger partial charge in [-0.25, -0.2) is 4.98 Å². The lowest BCUT2D eigenvalue weighted by Gasteiger charge is -2.20. The molecule has 0 aliphatic rings. The third-order valence-corrected chi connectivity index (χ3v) is 3.29. The van der Waals surface area contributed by atoms with Crippen LogP contribution >= 0.6 is 15.9 Å². The number of aryl methyl sites for hydroxylation is 1. The Bertz CT molecular complexity index is 594. The Labute approximate surface area is 107 Å². The molecule has 1 aromatic carbocycles. The Kier molecular flexibility index (Phi) is 3.28. The summed E-state index contributed by atoms with van der Waals surface area (Å²) in [6, 6.07) is 7.95. The summed E-state index contributed by atoms with van der Waals surface area (Å²) in [7, 11) is 1.88. The van der Waals surface area contributed by atoms with Crippen LogP contribution < -0.4 is 10.5 Å². The molecule has 0 atom stereocenters. The summed E-state index contributed by atoms with van der Waals surface area (Å²) >= 11 is 3.25. The van der Waals surface area contributed by atoms with E-state index in [2.05, 4.69) is 25.9 Å². The van der Waals surface area contributed by atoms with Crippen LogP contribution in [-0.2, 0) is 0 Å². The lowest BCUT2D eigenvalue weighted by atomic mass is 10.2. The van der Waals surface area contributed by atoms with Gasteiger partial charge in [-0.05, 0) is 34.5 Å². The number of aromatic nitrogens is 2. The summed E-state index contributed by atoms with van der Waals surface area (Å²) in [5, 5.41) is 0. The molecule has 0 spiro atoms. The van der Waals surface area contributed by atoms with Gasteiger partial charge in [-0.2, -0.15) is 0 Å². The Balaban J connectivity index is 2.52. The first-order valence-electron chi connectivity index (χ1n) is 5.14. The SMILES string of the molecule is Cc1ccccc1N(C)c1nc[nH]c(=O)c1Br. The number of nitrogens with one attached hydrogen (secondary N) is 1. The second-order valence-corrected chi connectivity index (χ2v) is 4.51. The third kappa shape index (κ3) is 2.24. The van der Waals surface area contributed by atoms with Crippen LogP contribution in [0.25, 0.3) is 0 Å². The molecule has 0 aliphatic carbocycles. The van der Waals surface area contributed by atoms with Crippen molar-refractivity contribution in [1.82, 2.24) is 9.97 Å². The first-order valence-corrected chi connectivity index (χ1v) is 5.93. The first kappa shape index (κ1) is 11.9. The zero-order valence-electron chi connectivity index (χ0n) is 9.57. The number of nitrogens with zero attached hydrogens (tertiary/aromatic N) is 2. The molecule has 0 fully saturated rings. The summed E-state index contributed by atoms with van der Waals surface area (Å²) in [5.74, 6) is 0.600. The minimum atomic E-state index is -0.185. The maximum absolute atomic E-state index is 11.5. The van der Waals surface area contributed by atoms with Crippen LogP contribution in [0.2, 0.25) is 0 Å². The predicted octanol–water partition coefficient (Wildman–Crippen LogP) is 2.61. The molecule has 5 heteroatoms. The molecule has 0 aliphatic heterocycles. The Morgan fingerprint density at radius 2 is 2.06 bits per heavy atom. The van der Waals surface area contributed by atoms with Crippen molar-refractivity contribution in [2.75, 3.05) is 11.9 Å². The lowest BCUT2D eigenvalue weighted by Crippen LogP contribution is -2.18. The van der Waals surface area contributed by atoms with E-state index in [0.29, 0.717) is 10.3 Å². The quantitative estimate of drug-likeness (QED) is 0.926. The average molecular weight is 294 g/mol. The van der Waals surface area contributed by atoms with Gasteiger partial charge in [0, 0.05) is 12.7 Å². The third-order valence-electron chi connectivity index (χ3n) is 2.57. The highest BCUT2D eigenvalue weighted by Crippen LogP contribution is 2.27. The fourth-order valence-corrected chi connectivity index (χ4v) is 2.14. The highest BCUT2D eigenvalue weighted by atomic mass is 79.9. The smallest absolute Gasteiger partial charge is 0.267 e. The zero-order valence-corrected chi connectivity index (χ0v) is 11.2. The van der Waals surface area contributed by atoms with E-state index < -0.39 is 0 Å². The van der Waals surface area contributed by atoms with Gasteiger partial charge in [0.15, 0.2) is 5.82 Å². The van der Waals surface area contributed by atoms with Crippen LogP contribution in [0.4, 0.5) is 11.5 Å². The number of rotatable bonds is 2. The number of hydrogen-bond acceptors (Lipinski definition) is 3. The maximum Gasteiger partial charge on any atom is 0.267 e. The van der Waals surface area contributed by atoms with Crippen molar-refractivity contribution in [2.45, 2.75) is 6.92 Å². The summed E-state index contributed by atoms with van der Waals surface area (Å²) < 4.78 is 0.436. The standard InChI is InChI=1S/C12H12BrN3O/c1-8-5-3-4-6-9(8)16(2)11-10(13)12(17)15-7-14-11/h3-7H,1-2H3,(H,14,15,17). The molecule has 2 aromatic rings. The lowest BCUT2D eigenvalue weighted by molar-refractivity contribution is 1.03. The summed E-state index contributed by atoms with van der Waals surface area (Å²) in [4.78, 5) is 20.1. The molecule has 0 unspecified atom stereocenters. The molecule has 0 radical (unpaired) electrons. The van der Waals surface area contributed by atoms with Crippen molar-refractivity contribution in [3.05, 3.63) is 51.0 Å². The Morgan fingerprint density at radius 3 is 2.76 bits per heavy atom. The number of anilines is 2. The van der Waals surface area contributed by atoms with Crippen molar-refractivity contribution in [1.29, 1.82) is 0 Å². The van der Waals surface area contributed by atoms with E-state index in [9.17, 15) is 4.79 Å². The van der Waals surface area contributed by atoms with Crippen molar-refractivity contribution >= 4 is 27.4 Å². The maximum atomic E-state index is 11.5. The van der Waals surface area contributed by atoms with Crippen LogP contribution in [0, 0.1) is 6.92 Å². The number of hydrogen-bond donors (Lipinski definition) is 1. The molecule has 1 N–H and O–H groups in total. The van der Waals surface area contributed by atoms with Crippen molar-refractivity contribution in [2.24, 2.45) is 0 Å². The van der Waals surface area contributed by atoms with E-state index in [0.717, 1.165) is 11.3 Å². The molecule has 0 amide bonds. The zero-order chi connectivity index (χ0) is 12.4. The molecule has 17 heavy (non-hydrogen) atoms. The van der Waals surface area contributed by atoms with E-state index in [1.807, 2.05) is 43.1 Å². The molecule has 88 valence electrons. The van der Waals surface area contributed by atoms with Gasteiger partial charge in [-0.3, -0.25) is 4.79 Å². The molecular weight excluding hydrogens is 282 g/mol. The highest BCUT2D eigenvalue weighted by Gasteiger charge is 2.13. The van der Waals surface area contributed by atoms with Gasteiger partial charge in [-0.15, -0.1) is 0 Å². The van der Waals surface area contributed by atoms with Gasteiger partial charge < -0.3 is 9.88 Å². The van der Waals surface area contributed by atoms with Gasteiger partial charge >= 0.3 is 0 Å². The Hall–Kier alpha value is -1.62. The van der Waals surface area contributed by atoms with E-state index >= 15 is 0 Å². The molecule has 0 saturated heterocycles. The highest BCUT2D eigenvalue weighted by molar-refractivity contribution is 9.10. The average Bonchev–Trinajstić information content (AvgIpc) is 2.32. The number of halogens is 1. The van der Waals surface area contributed by atoms with E-state index in [4.69, 9.17) is 0 Å². The first-order chi connectivity index (χ1) is 8.11. The second-order valence-electron chi connectivity index (χ2n) is 3.71. The molecule has 0 bridgehead atoms. The number of H-pyrrole nitrogens is 1. The van der Waals surface area contributed by atoms with Crippen LogP contribution in [0.3, 0.4) is 0 Å². The van der Waals surface area contributed by atoms with Crippen LogP contribution in [0.15, 0.2) is 39.9 Å². The minimum absolute atomic E-state index is 0.185. The van der Waals surface area contributed by atoms with Gasteiger partial charge in [0.1, 0.15) is 4.47 Å². The van der Waals surface area contributed by atoms with Crippen LogP contribution in [-0.4, -0.2) is 17.0 Å². The molecule has 1 heterocycles. The minimum Gasteiger partial charge on any atom is -0.328 e.